The molecule has 1 amide bonds. The maximum absolute atomic E-state index is 16.8. The quantitative estimate of drug-likeness (QED) is 0.168. The zero-order valence-corrected chi connectivity index (χ0v) is 26.0. The van der Waals surface area contributed by atoms with Crippen molar-refractivity contribution >= 4 is 45.0 Å². The van der Waals surface area contributed by atoms with E-state index >= 15 is 8.78 Å². The lowest BCUT2D eigenvalue weighted by Crippen LogP contribution is -2.53. The Kier molecular flexibility index (Phi) is 7.59. The van der Waals surface area contributed by atoms with Crippen LogP contribution < -0.4 is 9.64 Å². The monoisotopic (exact) mass is 653 g/mol. The lowest BCUT2D eigenvalue weighted by atomic mass is 9.94. The van der Waals surface area contributed by atoms with E-state index in [1.165, 1.54) is 12.1 Å². The molecule has 3 aliphatic heterocycles. The summed E-state index contributed by atoms with van der Waals surface area (Å²) in [5.74, 6) is -3.99. The Morgan fingerprint density at radius 3 is 2.70 bits per heavy atom. The molecular formula is C34H32ClF4N5O2. The normalized spacial score (nSPS) is 22.9. The Balaban J connectivity index is 1.36. The number of carbonyl (C=O) groups excluding carboxylic acids is 1. The highest BCUT2D eigenvalue weighted by Crippen LogP contribution is 2.46. The fourth-order valence-corrected chi connectivity index (χ4v) is 7.76. The number of ether oxygens (including phenoxy) is 1. The molecule has 3 saturated heterocycles. The van der Waals surface area contributed by atoms with Crippen molar-refractivity contribution in [3.05, 3.63) is 71.8 Å². The van der Waals surface area contributed by atoms with Gasteiger partial charge in [-0.1, -0.05) is 48.5 Å². The third-order valence-electron chi connectivity index (χ3n) is 9.57. The van der Waals surface area contributed by atoms with Gasteiger partial charge in [0.25, 0.3) is 5.92 Å². The smallest absolute Gasteiger partial charge is 0.319 e. The molecule has 3 aromatic carbocycles. The number of amides is 1. The molecule has 3 fully saturated rings. The van der Waals surface area contributed by atoms with E-state index in [4.69, 9.17) is 21.3 Å². The van der Waals surface area contributed by atoms with Crippen molar-refractivity contribution in [3.8, 4) is 17.1 Å². The van der Waals surface area contributed by atoms with Crippen LogP contribution in [0.15, 0.2) is 55.1 Å². The summed E-state index contributed by atoms with van der Waals surface area (Å²) in [6.07, 6.45) is 2.24. The number of nitrogens with zero attached hydrogens (tertiary/aromatic N) is 5. The molecule has 0 unspecified atom stereocenters. The Morgan fingerprint density at radius 1 is 1.15 bits per heavy atom. The molecule has 0 N–H and O–H groups in total. The molecule has 2 atom stereocenters. The number of rotatable bonds is 6. The predicted octanol–water partition coefficient (Wildman–Crippen LogP) is 6.86. The van der Waals surface area contributed by atoms with Gasteiger partial charge in [0.05, 0.1) is 17.1 Å². The average Bonchev–Trinajstić information content (AvgIpc) is 3.51. The summed E-state index contributed by atoms with van der Waals surface area (Å²) in [5.41, 5.74) is -0.718. The van der Waals surface area contributed by atoms with Crippen LogP contribution in [0, 0.1) is 11.6 Å². The molecule has 1 aromatic heterocycles. The number of fused-ring (bicyclic) bond motifs is 3. The molecule has 0 saturated carbocycles. The highest BCUT2D eigenvalue weighted by atomic mass is 35.5. The Labute approximate surface area is 268 Å². The van der Waals surface area contributed by atoms with E-state index in [-0.39, 0.29) is 64.6 Å². The summed E-state index contributed by atoms with van der Waals surface area (Å²) in [7, 11) is 0. The van der Waals surface area contributed by atoms with Crippen LogP contribution in [0.1, 0.15) is 26.2 Å². The molecule has 4 aromatic rings. The molecule has 7 rings (SSSR count). The number of hydrogen-bond acceptors (Lipinski definition) is 6. The van der Waals surface area contributed by atoms with E-state index in [0.717, 1.165) is 6.42 Å². The molecule has 0 spiro atoms. The van der Waals surface area contributed by atoms with Crippen molar-refractivity contribution in [2.75, 3.05) is 44.2 Å². The second kappa shape index (κ2) is 11.4. The second-order valence-electron chi connectivity index (χ2n) is 12.5. The third kappa shape index (κ3) is 5.13. The minimum absolute atomic E-state index is 0.0223. The van der Waals surface area contributed by atoms with Crippen LogP contribution in [0.4, 0.5) is 23.4 Å². The minimum atomic E-state index is -2.83. The van der Waals surface area contributed by atoms with Crippen LogP contribution in [0.25, 0.3) is 32.8 Å². The first-order valence-electron chi connectivity index (χ1n) is 15.3. The van der Waals surface area contributed by atoms with Crippen LogP contribution in [0.5, 0.6) is 6.01 Å². The van der Waals surface area contributed by atoms with Gasteiger partial charge in [-0.3, -0.25) is 9.69 Å². The summed E-state index contributed by atoms with van der Waals surface area (Å²) in [6, 6.07) is 10.8. The lowest BCUT2D eigenvalue weighted by molar-refractivity contribution is -0.126. The molecule has 0 radical (unpaired) electrons. The summed E-state index contributed by atoms with van der Waals surface area (Å²) < 4.78 is 67.0. The van der Waals surface area contributed by atoms with Crippen LogP contribution in [0.2, 0.25) is 5.02 Å². The van der Waals surface area contributed by atoms with Gasteiger partial charge in [-0.15, -0.1) is 0 Å². The van der Waals surface area contributed by atoms with Crippen LogP contribution in [-0.4, -0.2) is 82.5 Å². The van der Waals surface area contributed by atoms with Gasteiger partial charge >= 0.3 is 6.01 Å². The number of anilines is 1. The molecular weight excluding hydrogens is 622 g/mol. The number of aromatic nitrogens is 2. The number of piperazine rings is 1. The Bertz CT molecular complexity index is 1880. The zero-order chi connectivity index (χ0) is 32.4. The van der Waals surface area contributed by atoms with Gasteiger partial charge in [0.1, 0.15) is 23.8 Å². The molecule has 3 aliphatic rings. The number of alkyl halides is 2. The van der Waals surface area contributed by atoms with Gasteiger partial charge in [-0.2, -0.15) is 9.97 Å². The fraction of sp³-hybridized carbons (Fsp3) is 0.382. The summed E-state index contributed by atoms with van der Waals surface area (Å²) >= 11 is 6.79. The number of benzene rings is 3. The zero-order valence-electron chi connectivity index (χ0n) is 25.2. The van der Waals surface area contributed by atoms with Crippen molar-refractivity contribution in [3.63, 3.8) is 0 Å². The summed E-state index contributed by atoms with van der Waals surface area (Å²) in [4.78, 5) is 26.9. The van der Waals surface area contributed by atoms with Crippen molar-refractivity contribution in [1.82, 2.24) is 19.8 Å². The maximum atomic E-state index is 16.8. The van der Waals surface area contributed by atoms with Crippen LogP contribution in [0.3, 0.4) is 0 Å². The first-order chi connectivity index (χ1) is 22.0. The van der Waals surface area contributed by atoms with Crippen LogP contribution in [-0.2, 0) is 4.79 Å². The van der Waals surface area contributed by atoms with Crippen LogP contribution >= 0.6 is 11.6 Å². The largest absolute Gasteiger partial charge is 0.461 e. The minimum Gasteiger partial charge on any atom is -0.461 e. The standard InChI is InChI=1S/C34H32ClF4N5O2/c1-3-26(45)42-13-14-44(20(2)16-42)31-23-15-24(35)28(22-9-4-7-21-8-5-10-25(36)27(21)22)29(37)30(23)40-32(41-31)46-19-33-11-6-12-43(33)18-34(38,39)17-33/h3-5,7-10,15,20H,1,6,11-14,16-19H2,2H3/t20-,33+/m1/s1. The van der Waals surface area contributed by atoms with Crippen molar-refractivity contribution in [2.24, 2.45) is 0 Å². The fourth-order valence-electron chi connectivity index (χ4n) is 7.47. The highest BCUT2D eigenvalue weighted by Gasteiger charge is 2.57. The van der Waals surface area contributed by atoms with Gasteiger partial charge in [0.2, 0.25) is 5.91 Å². The first-order valence-corrected chi connectivity index (χ1v) is 15.7. The maximum Gasteiger partial charge on any atom is 0.319 e. The number of halogens is 5. The van der Waals surface area contributed by atoms with Crippen molar-refractivity contribution in [1.29, 1.82) is 0 Å². The Morgan fingerprint density at radius 2 is 1.93 bits per heavy atom. The van der Waals surface area contributed by atoms with Gasteiger partial charge in [0.15, 0.2) is 5.82 Å². The molecule has 0 bridgehead atoms. The number of hydrogen-bond donors (Lipinski definition) is 0. The molecule has 7 nitrogen and oxygen atoms in total. The van der Waals surface area contributed by atoms with E-state index in [1.54, 1.807) is 46.2 Å². The lowest BCUT2D eigenvalue weighted by Gasteiger charge is -2.40. The first kappa shape index (κ1) is 30.7. The van der Waals surface area contributed by atoms with E-state index in [1.807, 2.05) is 11.8 Å². The second-order valence-corrected chi connectivity index (χ2v) is 12.9. The third-order valence-corrected chi connectivity index (χ3v) is 9.87. The summed E-state index contributed by atoms with van der Waals surface area (Å²) in [5, 5.41) is 1.15. The van der Waals surface area contributed by atoms with E-state index in [9.17, 15) is 13.6 Å². The molecule has 240 valence electrons. The van der Waals surface area contributed by atoms with E-state index in [2.05, 4.69) is 11.6 Å². The van der Waals surface area contributed by atoms with E-state index < -0.39 is 23.1 Å². The SMILES string of the molecule is C=CC(=O)N1CCN(c2nc(OC[C@@]34CCCN3CC(F)(F)C4)nc3c(F)c(-c4cccc5cccc(F)c45)c(Cl)cc23)[C@H](C)C1. The highest BCUT2D eigenvalue weighted by molar-refractivity contribution is 6.35. The van der Waals surface area contributed by atoms with Gasteiger partial charge in [-0.25, -0.2) is 17.6 Å². The molecule has 12 heteroatoms. The van der Waals surface area contributed by atoms with Gasteiger partial charge in [0, 0.05) is 48.4 Å². The summed E-state index contributed by atoms with van der Waals surface area (Å²) in [6.45, 7) is 6.73. The average molecular weight is 654 g/mol. The Hall–Kier alpha value is -3.96. The molecule has 46 heavy (non-hydrogen) atoms. The predicted molar refractivity (Wildman–Crippen MR) is 170 cm³/mol. The van der Waals surface area contributed by atoms with Gasteiger partial charge in [-0.05, 0) is 55.5 Å². The van der Waals surface area contributed by atoms with Crippen molar-refractivity contribution < 1.29 is 27.1 Å². The molecule has 4 heterocycles. The van der Waals surface area contributed by atoms with E-state index in [0.29, 0.717) is 49.2 Å². The van der Waals surface area contributed by atoms with Gasteiger partial charge < -0.3 is 14.5 Å². The molecule has 0 aliphatic carbocycles. The topological polar surface area (TPSA) is 61.8 Å². The number of carbonyl (C=O) groups is 1. The van der Waals surface area contributed by atoms with Crippen molar-refractivity contribution in [2.45, 2.75) is 43.7 Å².